The molecule has 0 aliphatic rings. The van der Waals surface area contributed by atoms with E-state index in [2.05, 4.69) is 0 Å². The van der Waals surface area contributed by atoms with Gasteiger partial charge in [0.1, 0.15) is 0 Å². The van der Waals surface area contributed by atoms with Crippen molar-refractivity contribution in [2.24, 2.45) is 0 Å². The van der Waals surface area contributed by atoms with E-state index in [9.17, 15) is 13.2 Å². The maximum Gasteiger partial charge on any atom is 0.302 e. The molecule has 0 aliphatic heterocycles. The standard InChI is InChI=1S/C12H16O4S/c1-10(16-11(2)13)8-9-17(14,15)12-6-4-3-5-7-12/h3-7,10H,8-9H2,1-2H3. The minimum Gasteiger partial charge on any atom is -0.463 e. The molecule has 1 unspecified atom stereocenters. The Morgan fingerprint density at radius 1 is 1.29 bits per heavy atom. The van der Waals surface area contributed by atoms with Gasteiger partial charge in [-0.25, -0.2) is 8.42 Å². The average molecular weight is 256 g/mol. The van der Waals surface area contributed by atoms with Crippen molar-refractivity contribution in [3.63, 3.8) is 0 Å². The largest absolute Gasteiger partial charge is 0.463 e. The van der Waals surface area contributed by atoms with Crippen LogP contribution in [0.15, 0.2) is 35.2 Å². The van der Waals surface area contributed by atoms with Gasteiger partial charge in [0.15, 0.2) is 9.84 Å². The third-order valence-corrected chi connectivity index (χ3v) is 4.03. The van der Waals surface area contributed by atoms with Crippen LogP contribution in [0.25, 0.3) is 0 Å². The van der Waals surface area contributed by atoms with Crippen LogP contribution in [0, 0.1) is 0 Å². The van der Waals surface area contributed by atoms with Gasteiger partial charge in [-0.05, 0) is 25.5 Å². The molecule has 0 bridgehead atoms. The highest BCUT2D eigenvalue weighted by Gasteiger charge is 2.16. The lowest BCUT2D eigenvalue weighted by atomic mass is 10.3. The SMILES string of the molecule is CC(=O)OC(C)CCS(=O)(=O)c1ccccc1. The van der Waals surface area contributed by atoms with E-state index >= 15 is 0 Å². The number of benzene rings is 1. The van der Waals surface area contributed by atoms with E-state index in [1.165, 1.54) is 6.92 Å². The molecule has 0 fully saturated rings. The van der Waals surface area contributed by atoms with Crippen LogP contribution in [0.5, 0.6) is 0 Å². The van der Waals surface area contributed by atoms with Gasteiger partial charge in [0, 0.05) is 6.92 Å². The van der Waals surface area contributed by atoms with E-state index in [0.29, 0.717) is 11.3 Å². The fourth-order valence-electron chi connectivity index (χ4n) is 1.41. The highest BCUT2D eigenvalue weighted by molar-refractivity contribution is 7.91. The molecule has 0 radical (unpaired) electrons. The van der Waals surface area contributed by atoms with E-state index in [0.717, 1.165) is 0 Å². The van der Waals surface area contributed by atoms with Crippen LogP contribution in [-0.4, -0.2) is 26.2 Å². The normalized spacial score (nSPS) is 13.1. The first-order chi connectivity index (χ1) is 7.92. The first kappa shape index (κ1) is 13.7. The molecule has 0 aromatic heterocycles. The van der Waals surface area contributed by atoms with Gasteiger partial charge < -0.3 is 4.74 Å². The smallest absolute Gasteiger partial charge is 0.302 e. The second-order valence-corrected chi connectivity index (χ2v) is 5.95. The van der Waals surface area contributed by atoms with Crippen molar-refractivity contribution >= 4 is 15.8 Å². The Balaban J connectivity index is 2.60. The van der Waals surface area contributed by atoms with Gasteiger partial charge in [-0.15, -0.1) is 0 Å². The Hall–Kier alpha value is -1.36. The average Bonchev–Trinajstić information content (AvgIpc) is 2.27. The fraction of sp³-hybridized carbons (Fsp3) is 0.417. The minimum absolute atomic E-state index is 0.0224. The van der Waals surface area contributed by atoms with Crippen LogP contribution in [0.3, 0.4) is 0 Å². The molecule has 17 heavy (non-hydrogen) atoms. The van der Waals surface area contributed by atoms with Gasteiger partial charge in [-0.3, -0.25) is 4.79 Å². The van der Waals surface area contributed by atoms with Crippen molar-refractivity contribution in [3.05, 3.63) is 30.3 Å². The van der Waals surface area contributed by atoms with Gasteiger partial charge in [0.25, 0.3) is 0 Å². The summed E-state index contributed by atoms with van der Waals surface area (Å²) in [5.41, 5.74) is 0. The topological polar surface area (TPSA) is 60.4 Å². The molecule has 0 amide bonds. The van der Waals surface area contributed by atoms with E-state index in [-0.39, 0.29) is 11.9 Å². The molecule has 0 aliphatic carbocycles. The zero-order chi connectivity index (χ0) is 12.9. The minimum atomic E-state index is -3.28. The van der Waals surface area contributed by atoms with Gasteiger partial charge in [-0.1, -0.05) is 18.2 Å². The van der Waals surface area contributed by atoms with Crippen LogP contribution in [-0.2, 0) is 19.4 Å². The van der Waals surface area contributed by atoms with Gasteiger partial charge in [-0.2, -0.15) is 0 Å². The number of rotatable bonds is 5. The first-order valence-electron chi connectivity index (χ1n) is 5.37. The summed E-state index contributed by atoms with van der Waals surface area (Å²) in [6, 6.07) is 8.25. The molecule has 0 saturated heterocycles. The highest BCUT2D eigenvalue weighted by Crippen LogP contribution is 2.12. The van der Waals surface area contributed by atoms with E-state index in [1.807, 2.05) is 0 Å². The molecular formula is C12H16O4S. The zero-order valence-electron chi connectivity index (χ0n) is 9.92. The monoisotopic (exact) mass is 256 g/mol. The summed E-state index contributed by atoms with van der Waals surface area (Å²) in [4.78, 5) is 11.0. The van der Waals surface area contributed by atoms with Crippen molar-refractivity contribution < 1.29 is 17.9 Å². The Bertz CT molecular complexity index is 465. The number of carbonyl (C=O) groups is 1. The number of esters is 1. The molecule has 1 aromatic rings. The third-order valence-electron chi connectivity index (χ3n) is 2.26. The Morgan fingerprint density at radius 3 is 2.41 bits per heavy atom. The van der Waals surface area contributed by atoms with Crippen LogP contribution in [0.4, 0.5) is 0 Å². The van der Waals surface area contributed by atoms with Gasteiger partial charge >= 0.3 is 5.97 Å². The Labute approximate surface area is 102 Å². The summed E-state index contributed by atoms with van der Waals surface area (Å²) in [7, 11) is -3.28. The number of sulfone groups is 1. The summed E-state index contributed by atoms with van der Waals surface area (Å²) >= 11 is 0. The lowest BCUT2D eigenvalue weighted by molar-refractivity contribution is -0.145. The summed E-state index contributed by atoms with van der Waals surface area (Å²) < 4.78 is 28.6. The lowest BCUT2D eigenvalue weighted by Crippen LogP contribution is -2.17. The Kier molecular flexibility index (Phi) is 4.69. The molecule has 4 nitrogen and oxygen atoms in total. The van der Waals surface area contributed by atoms with Crippen LogP contribution >= 0.6 is 0 Å². The summed E-state index contributed by atoms with van der Waals surface area (Å²) in [5.74, 6) is -0.416. The predicted molar refractivity (Wildman–Crippen MR) is 64.3 cm³/mol. The number of ether oxygens (including phenoxy) is 1. The summed E-state index contributed by atoms with van der Waals surface area (Å²) in [6.45, 7) is 2.99. The van der Waals surface area contributed by atoms with Crippen LogP contribution in [0.2, 0.25) is 0 Å². The molecule has 0 N–H and O–H groups in total. The molecule has 1 atom stereocenters. The second-order valence-electron chi connectivity index (χ2n) is 3.84. The molecular weight excluding hydrogens is 240 g/mol. The van der Waals surface area contributed by atoms with Crippen molar-refractivity contribution in [2.75, 3.05) is 5.75 Å². The molecule has 5 heteroatoms. The van der Waals surface area contributed by atoms with Crippen LogP contribution < -0.4 is 0 Å². The quantitative estimate of drug-likeness (QED) is 0.754. The molecule has 1 rings (SSSR count). The summed E-state index contributed by atoms with van der Waals surface area (Å²) in [6.07, 6.45) is -0.0810. The van der Waals surface area contributed by atoms with E-state index in [1.54, 1.807) is 37.3 Å². The molecule has 0 heterocycles. The van der Waals surface area contributed by atoms with Crippen molar-refractivity contribution in [2.45, 2.75) is 31.3 Å². The molecule has 1 aromatic carbocycles. The number of carbonyl (C=O) groups excluding carboxylic acids is 1. The molecule has 0 saturated carbocycles. The maximum absolute atomic E-state index is 11.9. The van der Waals surface area contributed by atoms with E-state index in [4.69, 9.17) is 4.74 Å². The van der Waals surface area contributed by atoms with Crippen molar-refractivity contribution in [1.82, 2.24) is 0 Å². The van der Waals surface area contributed by atoms with Crippen LogP contribution in [0.1, 0.15) is 20.3 Å². The highest BCUT2D eigenvalue weighted by atomic mass is 32.2. The fourth-order valence-corrected chi connectivity index (χ4v) is 2.86. The molecule has 0 spiro atoms. The third kappa shape index (κ3) is 4.56. The zero-order valence-corrected chi connectivity index (χ0v) is 10.7. The first-order valence-corrected chi connectivity index (χ1v) is 7.02. The van der Waals surface area contributed by atoms with Crippen molar-refractivity contribution in [1.29, 1.82) is 0 Å². The maximum atomic E-state index is 11.9. The second kappa shape index (κ2) is 5.82. The number of hydrogen-bond acceptors (Lipinski definition) is 4. The predicted octanol–water partition coefficient (Wildman–Crippen LogP) is 1.80. The van der Waals surface area contributed by atoms with Gasteiger partial charge in [0.05, 0.1) is 16.8 Å². The Morgan fingerprint density at radius 2 is 1.88 bits per heavy atom. The summed E-state index contributed by atoms with van der Waals surface area (Å²) in [5, 5.41) is 0. The number of hydrogen-bond donors (Lipinski definition) is 0. The van der Waals surface area contributed by atoms with Gasteiger partial charge in [0.2, 0.25) is 0 Å². The van der Waals surface area contributed by atoms with E-state index < -0.39 is 15.8 Å². The lowest BCUT2D eigenvalue weighted by Gasteiger charge is -2.11. The van der Waals surface area contributed by atoms with Crippen molar-refractivity contribution in [3.8, 4) is 0 Å². The molecule has 94 valence electrons.